The van der Waals surface area contributed by atoms with Crippen molar-refractivity contribution in [3.8, 4) is 0 Å². The van der Waals surface area contributed by atoms with E-state index in [4.69, 9.17) is 14.8 Å². The highest BCUT2D eigenvalue weighted by Crippen LogP contribution is 2.26. The van der Waals surface area contributed by atoms with Crippen LogP contribution in [-0.2, 0) is 26.7 Å². The summed E-state index contributed by atoms with van der Waals surface area (Å²) in [6, 6.07) is 21.8. The third kappa shape index (κ3) is 16.7. The molecule has 0 fully saturated rings. The van der Waals surface area contributed by atoms with Crippen molar-refractivity contribution in [2.24, 2.45) is 11.1 Å². The van der Waals surface area contributed by atoms with Gasteiger partial charge in [0.2, 0.25) is 0 Å². The fourth-order valence-corrected chi connectivity index (χ4v) is 5.32. The zero-order valence-corrected chi connectivity index (χ0v) is 27.8. The summed E-state index contributed by atoms with van der Waals surface area (Å²) in [6.07, 6.45) is 1.20. The van der Waals surface area contributed by atoms with Gasteiger partial charge in [0.15, 0.2) is 0 Å². The normalized spacial score (nSPS) is 13.6. The number of nitrogens with one attached hydrogen (secondary N) is 1. The summed E-state index contributed by atoms with van der Waals surface area (Å²) < 4.78 is 59.1. The highest BCUT2D eigenvalue weighted by molar-refractivity contribution is 7.86. The van der Waals surface area contributed by atoms with Crippen molar-refractivity contribution in [1.29, 1.82) is 0 Å². The summed E-state index contributed by atoms with van der Waals surface area (Å²) in [5.74, 6) is 0. The standard InChI is InChI=1S/C18H32N2O.2C7H8O3S/c1-17(2,3)13-18(4,5)20-12-16(21)15(19)11-14-9-7-6-8-10-14;2*1-6-2-4-7(5-3-6)11(8,9)10/h6-10,15-16,20-21H,11-13,19H2,1-5H3;2*2-5H,1H3,(H,8,9,10)/t15-,16+;;/m0../s1. The molecule has 240 valence electrons. The van der Waals surface area contributed by atoms with Crippen molar-refractivity contribution in [2.45, 2.75) is 88.8 Å². The van der Waals surface area contributed by atoms with E-state index < -0.39 is 26.3 Å². The predicted octanol–water partition coefficient (Wildman–Crippen LogP) is 5.21. The average Bonchev–Trinajstić information content (AvgIpc) is 2.87. The maximum absolute atomic E-state index is 10.5. The Balaban J connectivity index is 0.000000353. The molecule has 0 saturated carbocycles. The van der Waals surface area contributed by atoms with Gasteiger partial charge in [0.1, 0.15) is 0 Å². The SMILES string of the molecule is CC(C)(C)CC(C)(C)NC[C@@H](O)[C@@H](N)Cc1ccccc1.Cc1ccc(S(=O)(=O)O)cc1.Cc1ccc(S(=O)(=O)O)cc1. The summed E-state index contributed by atoms with van der Waals surface area (Å²) >= 11 is 0. The van der Waals surface area contributed by atoms with Crippen LogP contribution in [0.4, 0.5) is 0 Å². The molecule has 0 radical (unpaired) electrons. The number of aryl methyl sites for hydroxylation is 2. The van der Waals surface area contributed by atoms with Gasteiger partial charge in [-0.1, -0.05) is 86.5 Å². The second kappa shape index (κ2) is 16.4. The van der Waals surface area contributed by atoms with E-state index in [1.165, 1.54) is 24.3 Å². The largest absolute Gasteiger partial charge is 0.390 e. The van der Waals surface area contributed by atoms with Crippen molar-refractivity contribution in [3.05, 3.63) is 95.6 Å². The van der Waals surface area contributed by atoms with Crippen LogP contribution < -0.4 is 11.1 Å². The quantitative estimate of drug-likeness (QED) is 0.198. The van der Waals surface area contributed by atoms with Crippen LogP contribution in [0.2, 0.25) is 0 Å². The topological polar surface area (TPSA) is 167 Å². The first-order valence-corrected chi connectivity index (χ1v) is 16.8. The summed E-state index contributed by atoms with van der Waals surface area (Å²) in [5.41, 5.74) is 9.44. The van der Waals surface area contributed by atoms with E-state index in [9.17, 15) is 21.9 Å². The molecule has 0 amide bonds. The van der Waals surface area contributed by atoms with E-state index in [1.54, 1.807) is 24.3 Å². The van der Waals surface area contributed by atoms with Crippen LogP contribution in [0, 0.1) is 19.3 Å². The Kier molecular flexibility index (Phi) is 14.7. The minimum absolute atomic E-state index is 0.00824. The second-order valence-electron chi connectivity index (χ2n) is 12.5. The molecule has 2 atom stereocenters. The molecule has 9 nitrogen and oxygen atoms in total. The molecule has 0 saturated heterocycles. The molecule has 3 aromatic carbocycles. The minimum Gasteiger partial charge on any atom is -0.390 e. The van der Waals surface area contributed by atoms with Crippen LogP contribution in [0.1, 0.15) is 57.7 Å². The van der Waals surface area contributed by atoms with Crippen LogP contribution >= 0.6 is 0 Å². The fraction of sp³-hybridized carbons (Fsp3) is 0.438. The first-order valence-electron chi connectivity index (χ1n) is 13.9. The second-order valence-corrected chi connectivity index (χ2v) is 15.3. The molecule has 0 spiro atoms. The molecule has 3 rings (SSSR count). The summed E-state index contributed by atoms with van der Waals surface area (Å²) in [5, 5.41) is 13.7. The molecule has 0 unspecified atom stereocenters. The molecule has 43 heavy (non-hydrogen) atoms. The zero-order valence-electron chi connectivity index (χ0n) is 26.2. The van der Waals surface area contributed by atoms with Gasteiger partial charge in [-0.15, -0.1) is 0 Å². The van der Waals surface area contributed by atoms with Crippen LogP contribution in [-0.4, -0.2) is 55.3 Å². The zero-order chi connectivity index (χ0) is 33.1. The van der Waals surface area contributed by atoms with E-state index >= 15 is 0 Å². The van der Waals surface area contributed by atoms with Gasteiger partial charge in [0.25, 0.3) is 20.2 Å². The lowest BCUT2D eigenvalue weighted by Crippen LogP contribution is -2.50. The van der Waals surface area contributed by atoms with Gasteiger partial charge in [-0.3, -0.25) is 9.11 Å². The van der Waals surface area contributed by atoms with Gasteiger partial charge < -0.3 is 16.2 Å². The highest BCUT2D eigenvalue weighted by Gasteiger charge is 2.26. The van der Waals surface area contributed by atoms with E-state index in [0.717, 1.165) is 23.1 Å². The van der Waals surface area contributed by atoms with Gasteiger partial charge in [0.05, 0.1) is 15.9 Å². The molecule has 0 aliphatic carbocycles. The number of hydrogen-bond donors (Lipinski definition) is 5. The number of hydrogen-bond acceptors (Lipinski definition) is 7. The molecular weight excluding hydrogens is 588 g/mol. The van der Waals surface area contributed by atoms with Gasteiger partial charge in [-0.05, 0) is 75.8 Å². The smallest absolute Gasteiger partial charge is 0.294 e. The summed E-state index contributed by atoms with van der Waals surface area (Å²) in [6.45, 7) is 15.2. The molecule has 0 bridgehead atoms. The van der Waals surface area contributed by atoms with Gasteiger partial charge in [-0.2, -0.15) is 16.8 Å². The van der Waals surface area contributed by atoms with Crippen molar-refractivity contribution in [1.82, 2.24) is 5.32 Å². The van der Waals surface area contributed by atoms with Crippen LogP contribution in [0.25, 0.3) is 0 Å². The molecule has 0 heterocycles. The molecule has 11 heteroatoms. The van der Waals surface area contributed by atoms with Crippen LogP contribution in [0.5, 0.6) is 0 Å². The number of aliphatic hydroxyl groups is 1. The van der Waals surface area contributed by atoms with E-state index in [0.29, 0.717) is 13.0 Å². The number of rotatable bonds is 9. The van der Waals surface area contributed by atoms with E-state index in [1.807, 2.05) is 44.2 Å². The first-order chi connectivity index (χ1) is 19.6. The third-order valence-electron chi connectivity index (χ3n) is 6.21. The highest BCUT2D eigenvalue weighted by atomic mass is 32.2. The lowest BCUT2D eigenvalue weighted by molar-refractivity contribution is 0.123. The van der Waals surface area contributed by atoms with Crippen molar-refractivity contribution in [3.63, 3.8) is 0 Å². The Morgan fingerprint density at radius 1 is 0.721 bits per heavy atom. The minimum atomic E-state index is -4.02. The van der Waals surface area contributed by atoms with Crippen LogP contribution in [0.15, 0.2) is 88.7 Å². The Morgan fingerprint density at radius 3 is 1.47 bits per heavy atom. The van der Waals surface area contributed by atoms with E-state index in [2.05, 4.69) is 39.9 Å². The Labute approximate surface area is 258 Å². The predicted molar refractivity (Wildman–Crippen MR) is 172 cm³/mol. The van der Waals surface area contributed by atoms with Gasteiger partial charge in [-0.25, -0.2) is 0 Å². The summed E-state index contributed by atoms with van der Waals surface area (Å²) in [4.78, 5) is -0.133. The number of nitrogens with two attached hydrogens (primary N) is 1. The van der Waals surface area contributed by atoms with Crippen molar-refractivity contribution < 1.29 is 31.0 Å². The maximum Gasteiger partial charge on any atom is 0.294 e. The lowest BCUT2D eigenvalue weighted by atomic mass is 9.81. The molecule has 6 N–H and O–H groups in total. The third-order valence-corrected chi connectivity index (χ3v) is 7.94. The van der Waals surface area contributed by atoms with E-state index in [-0.39, 0.29) is 26.8 Å². The molecule has 0 aliphatic heterocycles. The van der Waals surface area contributed by atoms with Gasteiger partial charge in [0, 0.05) is 18.1 Å². The van der Waals surface area contributed by atoms with Crippen LogP contribution in [0.3, 0.4) is 0 Å². The van der Waals surface area contributed by atoms with Crippen molar-refractivity contribution in [2.75, 3.05) is 6.54 Å². The Hall–Kier alpha value is -2.64. The lowest BCUT2D eigenvalue weighted by Gasteiger charge is -2.35. The molecular formula is C32H48N2O7S2. The molecule has 0 aliphatic rings. The number of β-amino-alcohol motifs (C(OH)–C–C–N with tert-alkyl or cyclic N) is 1. The number of aliphatic hydroxyl groups excluding tert-OH is 1. The fourth-order valence-electron chi connectivity index (χ4n) is 4.36. The average molecular weight is 637 g/mol. The first kappa shape index (κ1) is 38.4. The maximum atomic E-state index is 10.5. The molecule has 0 aromatic heterocycles. The van der Waals surface area contributed by atoms with Crippen molar-refractivity contribution >= 4 is 20.2 Å². The van der Waals surface area contributed by atoms with Gasteiger partial charge >= 0.3 is 0 Å². The number of benzene rings is 3. The molecule has 3 aromatic rings. The summed E-state index contributed by atoms with van der Waals surface area (Å²) in [7, 11) is -8.04. The monoisotopic (exact) mass is 636 g/mol. The Morgan fingerprint density at radius 2 is 1.12 bits per heavy atom. The Bertz CT molecular complexity index is 1380.